The van der Waals surface area contributed by atoms with Crippen molar-refractivity contribution in [3.63, 3.8) is 0 Å². The van der Waals surface area contributed by atoms with Gasteiger partial charge in [-0.05, 0) is 37.8 Å². The topological polar surface area (TPSA) is 9.23 Å². The zero-order valence-corrected chi connectivity index (χ0v) is 9.49. The standard InChI is InChI=1S/C10H17BrO/c1-9(2)7-12-8-10(3)5-4-6-11/h8H,1,4-7H2,2-3H3/b10-8+. The molecular weight excluding hydrogens is 216 g/mol. The van der Waals surface area contributed by atoms with Crippen LogP contribution in [0.15, 0.2) is 24.0 Å². The molecule has 0 atom stereocenters. The first-order valence-corrected chi connectivity index (χ1v) is 5.26. The van der Waals surface area contributed by atoms with E-state index in [1.807, 2.05) is 13.2 Å². The van der Waals surface area contributed by atoms with Crippen LogP contribution in [0.25, 0.3) is 0 Å². The van der Waals surface area contributed by atoms with E-state index < -0.39 is 0 Å². The van der Waals surface area contributed by atoms with E-state index in [-0.39, 0.29) is 0 Å². The van der Waals surface area contributed by atoms with Crippen molar-refractivity contribution in [2.45, 2.75) is 26.7 Å². The lowest BCUT2D eigenvalue weighted by molar-refractivity contribution is 0.276. The number of allylic oxidation sites excluding steroid dienone is 1. The third kappa shape index (κ3) is 7.86. The highest BCUT2D eigenvalue weighted by Gasteiger charge is 1.89. The Kier molecular flexibility index (Phi) is 7.26. The van der Waals surface area contributed by atoms with E-state index in [0.717, 1.165) is 17.3 Å². The maximum atomic E-state index is 5.28. The van der Waals surface area contributed by atoms with Crippen LogP contribution in [0, 0.1) is 0 Å². The van der Waals surface area contributed by atoms with Crippen molar-refractivity contribution in [3.8, 4) is 0 Å². The van der Waals surface area contributed by atoms with Gasteiger partial charge in [0.2, 0.25) is 0 Å². The lowest BCUT2D eigenvalue weighted by Gasteiger charge is -2.02. The molecule has 70 valence electrons. The van der Waals surface area contributed by atoms with Gasteiger partial charge in [0.25, 0.3) is 0 Å². The molecule has 0 heterocycles. The van der Waals surface area contributed by atoms with Crippen molar-refractivity contribution in [3.05, 3.63) is 24.0 Å². The number of ether oxygens (including phenoxy) is 1. The van der Waals surface area contributed by atoms with E-state index in [9.17, 15) is 0 Å². The minimum atomic E-state index is 0.631. The molecule has 0 aromatic carbocycles. The molecule has 2 heteroatoms. The van der Waals surface area contributed by atoms with Gasteiger partial charge in [0, 0.05) is 5.33 Å². The van der Waals surface area contributed by atoms with Gasteiger partial charge in [-0.3, -0.25) is 0 Å². The molecule has 0 amide bonds. The molecular formula is C10H17BrO. The largest absolute Gasteiger partial charge is 0.497 e. The summed E-state index contributed by atoms with van der Waals surface area (Å²) in [6.45, 7) is 8.43. The minimum Gasteiger partial charge on any atom is -0.497 e. The summed E-state index contributed by atoms with van der Waals surface area (Å²) in [6.07, 6.45) is 4.09. The van der Waals surface area contributed by atoms with Crippen molar-refractivity contribution >= 4 is 15.9 Å². The Balaban J connectivity index is 3.47. The summed E-state index contributed by atoms with van der Waals surface area (Å²) in [4.78, 5) is 0. The normalized spacial score (nSPS) is 11.4. The smallest absolute Gasteiger partial charge is 0.108 e. The molecule has 0 unspecified atom stereocenters. The summed E-state index contributed by atoms with van der Waals surface area (Å²) < 4.78 is 5.28. The van der Waals surface area contributed by atoms with Gasteiger partial charge < -0.3 is 4.74 Å². The Morgan fingerprint density at radius 1 is 1.50 bits per heavy atom. The monoisotopic (exact) mass is 232 g/mol. The predicted molar refractivity (Wildman–Crippen MR) is 57.6 cm³/mol. The average molecular weight is 233 g/mol. The molecule has 0 fully saturated rings. The van der Waals surface area contributed by atoms with Crippen LogP contribution in [-0.4, -0.2) is 11.9 Å². The second-order valence-electron chi connectivity index (χ2n) is 3.02. The van der Waals surface area contributed by atoms with Crippen molar-refractivity contribution in [2.24, 2.45) is 0 Å². The molecule has 0 aromatic rings. The fourth-order valence-corrected chi connectivity index (χ4v) is 1.01. The maximum absolute atomic E-state index is 5.28. The fraction of sp³-hybridized carbons (Fsp3) is 0.600. The molecule has 0 aromatic heterocycles. The Morgan fingerprint density at radius 2 is 2.17 bits per heavy atom. The third-order valence-electron chi connectivity index (χ3n) is 1.32. The molecule has 0 aliphatic carbocycles. The molecule has 0 rings (SSSR count). The fourth-order valence-electron chi connectivity index (χ4n) is 0.731. The molecule has 12 heavy (non-hydrogen) atoms. The van der Waals surface area contributed by atoms with Crippen LogP contribution < -0.4 is 0 Å². The van der Waals surface area contributed by atoms with Crippen LogP contribution in [0.2, 0.25) is 0 Å². The average Bonchev–Trinajstić information content (AvgIpc) is 2.00. The second kappa shape index (κ2) is 7.41. The van der Waals surface area contributed by atoms with Gasteiger partial charge in [-0.15, -0.1) is 0 Å². The van der Waals surface area contributed by atoms with Crippen LogP contribution in [0.5, 0.6) is 0 Å². The summed E-state index contributed by atoms with van der Waals surface area (Å²) >= 11 is 3.39. The van der Waals surface area contributed by atoms with Crippen molar-refractivity contribution in [2.75, 3.05) is 11.9 Å². The molecule has 0 N–H and O–H groups in total. The van der Waals surface area contributed by atoms with Crippen molar-refractivity contribution in [1.82, 2.24) is 0 Å². The molecule has 0 aliphatic rings. The number of hydrogen-bond acceptors (Lipinski definition) is 1. The molecule has 0 bridgehead atoms. The van der Waals surface area contributed by atoms with Gasteiger partial charge in [0.05, 0.1) is 6.26 Å². The van der Waals surface area contributed by atoms with Gasteiger partial charge in [0.15, 0.2) is 0 Å². The first kappa shape index (κ1) is 11.8. The Bertz CT molecular complexity index is 161. The number of alkyl halides is 1. The van der Waals surface area contributed by atoms with E-state index in [1.54, 1.807) is 0 Å². The second-order valence-corrected chi connectivity index (χ2v) is 3.82. The van der Waals surface area contributed by atoms with E-state index in [4.69, 9.17) is 4.74 Å². The number of hydrogen-bond donors (Lipinski definition) is 0. The summed E-state index contributed by atoms with van der Waals surface area (Å²) in [6, 6.07) is 0. The van der Waals surface area contributed by atoms with E-state index in [1.165, 1.54) is 12.0 Å². The van der Waals surface area contributed by atoms with Crippen molar-refractivity contribution in [1.29, 1.82) is 0 Å². The van der Waals surface area contributed by atoms with Crippen LogP contribution in [0.3, 0.4) is 0 Å². The molecule has 1 nitrogen and oxygen atoms in total. The highest BCUT2D eigenvalue weighted by molar-refractivity contribution is 9.09. The van der Waals surface area contributed by atoms with Crippen LogP contribution in [-0.2, 0) is 4.74 Å². The number of rotatable bonds is 6. The van der Waals surface area contributed by atoms with Gasteiger partial charge in [0.1, 0.15) is 6.61 Å². The molecule has 0 spiro atoms. The first-order valence-electron chi connectivity index (χ1n) is 4.14. The quantitative estimate of drug-likeness (QED) is 0.386. The molecule has 0 saturated heterocycles. The third-order valence-corrected chi connectivity index (χ3v) is 1.88. The highest BCUT2D eigenvalue weighted by atomic mass is 79.9. The predicted octanol–water partition coefficient (Wildman–Crippen LogP) is 3.66. The Hall–Kier alpha value is -0.240. The van der Waals surface area contributed by atoms with Gasteiger partial charge >= 0.3 is 0 Å². The summed E-state index contributed by atoms with van der Waals surface area (Å²) in [5.41, 5.74) is 2.34. The number of halogens is 1. The SMILES string of the molecule is C=C(C)CO/C=C(\C)CCCBr. The highest BCUT2D eigenvalue weighted by Crippen LogP contribution is 2.05. The Labute approximate surface area is 83.6 Å². The van der Waals surface area contributed by atoms with E-state index in [2.05, 4.69) is 29.4 Å². The van der Waals surface area contributed by atoms with Crippen molar-refractivity contribution < 1.29 is 4.74 Å². The lowest BCUT2D eigenvalue weighted by Crippen LogP contribution is -1.89. The Morgan fingerprint density at radius 3 is 2.67 bits per heavy atom. The van der Waals surface area contributed by atoms with E-state index in [0.29, 0.717) is 6.61 Å². The van der Waals surface area contributed by atoms with E-state index >= 15 is 0 Å². The maximum Gasteiger partial charge on any atom is 0.108 e. The summed E-state index contributed by atoms with van der Waals surface area (Å²) in [5.74, 6) is 0. The minimum absolute atomic E-state index is 0.631. The van der Waals surface area contributed by atoms with Crippen LogP contribution in [0.1, 0.15) is 26.7 Å². The zero-order valence-electron chi connectivity index (χ0n) is 7.90. The van der Waals surface area contributed by atoms with Crippen LogP contribution in [0.4, 0.5) is 0 Å². The molecule has 0 radical (unpaired) electrons. The van der Waals surface area contributed by atoms with Gasteiger partial charge in [-0.25, -0.2) is 0 Å². The summed E-state index contributed by atoms with van der Waals surface area (Å²) in [5, 5.41) is 1.05. The molecule has 0 aliphatic heterocycles. The lowest BCUT2D eigenvalue weighted by atomic mass is 10.2. The van der Waals surface area contributed by atoms with Gasteiger partial charge in [-0.2, -0.15) is 0 Å². The molecule has 0 saturated carbocycles. The van der Waals surface area contributed by atoms with Crippen LogP contribution >= 0.6 is 15.9 Å². The first-order chi connectivity index (χ1) is 5.66. The summed E-state index contributed by atoms with van der Waals surface area (Å²) in [7, 11) is 0. The zero-order chi connectivity index (χ0) is 9.40. The van der Waals surface area contributed by atoms with Gasteiger partial charge in [-0.1, -0.05) is 22.5 Å².